The Bertz CT molecular complexity index is 629. The van der Waals surface area contributed by atoms with E-state index >= 15 is 0 Å². The first-order chi connectivity index (χ1) is 8.63. The molecule has 0 amide bonds. The Hall–Kier alpha value is -1.86. The van der Waals surface area contributed by atoms with Gasteiger partial charge in [0.25, 0.3) is 0 Å². The predicted molar refractivity (Wildman–Crippen MR) is 75.9 cm³/mol. The molecule has 1 aromatic carbocycles. The summed E-state index contributed by atoms with van der Waals surface area (Å²) in [6, 6.07) is 9.85. The number of nitrogens with one attached hydrogen (secondary N) is 1. The highest BCUT2D eigenvalue weighted by Gasteiger charge is 2.08. The molecule has 0 aliphatic carbocycles. The van der Waals surface area contributed by atoms with E-state index in [1.54, 1.807) is 6.20 Å². The van der Waals surface area contributed by atoms with Crippen LogP contribution < -0.4 is 5.32 Å². The summed E-state index contributed by atoms with van der Waals surface area (Å²) in [5, 5.41) is 12.4. The molecule has 4 heteroatoms. The van der Waals surface area contributed by atoms with Gasteiger partial charge in [-0.15, -0.1) is 0 Å². The highest BCUT2D eigenvalue weighted by Crippen LogP contribution is 2.28. The summed E-state index contributed by atoms with van der Waals surface area (Å²) in [4.78, 5) is 4.27. The molecule has 2 rings (SSSR count). The summed E-state index contributed by atoms with van der Waals surface area (Å²) < 4.78 is 0.912. The third-order valence-corrected chi connectivity index (χ3v) is 3.72. The molecule has 1 aromatic heterocycles. The summed E-state index contributed by atoms with van der Waals surface area (Å²) in [5.74, 6) is 0.720. The smallest absolute Gasteiger partial charge is 0.144 e. The van der Waals surface area contributed by atoms with Crippen molar-refractivity contribution in [3.8, 4) is 6.07 Å². The Morgan fingerprint density at radius 2 is 2.00 bits per heavy atom. The minimum absolute atomic E-state index is 0.646. The fourth-order valence-electron chi connectivity index (χ4n) is 1.68. The number of nitrogens with zero attached hydrogens (tertiary/aromatic N) is 2. The van der Waals surface area contributed by atoms with Gasteiger partial charge >= 0.3 is 0 Å². The first-order valence-corrected chi connectivity index (χ1v) is 6.30. The standard InChI is InChI=1S/C14H12BrN3/c1-9-4-3-5-12(11(9)8-16)18-14-13(15)10(2)6-7-17-14/h3-7H,1-2H3,(H,17,18). The highest BCUT2D eigenvalue weighted by atomic mass is 79.9. The van der Waals surface area contributed by atoms with Crippen molar-refractivity contribution < 1.29 is 0 Å². The number of halogens is 1. The third kappa shape index (κ3) is 2.36. The monoisotopic (exact) mass is 301 g/mol. The van der Waals surface area contributed by atoms with Gasteiger partial charge in [-0.2, -0.15) is 5.26 Å². The van der Waals surface area contributed by atoms with Gasteiger partial charge in [-0.25, -0.2) is 4.98 Å². The molecule has 0 unspecified atom stereocenters. The second-order valence-corrected chi connectivity index (χ2v) is 4.82. The van der Waals surface area contributed by atoms with Crippen molar-refractivity contribution in [2.75, 3.05) is 5.32 Å². The zero-order chi connectivity index (χ0) is 13.1. The molecule has 0 atom stereocenters. The van der Waals surface area contributed by atoms with E-state index in [9.17, 15) is 5.26 Å². The van der Waals surface area contributed by atoms with Gasteiger partial charge in [0.15, 0.2) is 0 Å². The molecule has 0 spiro atoms. The van der Waals surface area contributed by atoms with Gasteiger partial charge < -0.3 is 5.32 Å². The summed E-state index contributed by atoms with van der Waals surface area (Å²) >= 11 is 3.49. The van der Waals surface area contributed by atoms with Crippen LogP contribution in [0.5, 0.6) is 0 Å². The van der Waals surface area contributed by atoms with Crippen LogP contribution in [-0.4, -0.2) is 4.98 Å². The Morgan fingerprint density at radius 1 is 1.22 bits per heavy atom. The van der Waals surface area contributed by atoms with Gasteiger partial charge in [-0.05, 0) is 53.0 Å². The van der Waals surface area contributed by atoms with Gasteiger partial charge in [-0.1, -0.05) is 12.1 Å². The van der Waals surface area contributed by atoms with E-state index in [0.717, 1.165) is 27.1 Å². The maximum atomic E-state index is 9.18. The normalized spacial score (nSPS) is 9.89. The SMILES string of the molecule is Cc1ccnc(Nc2cccc(C)c2C#N)c1Br. The van der Waals surface area contributed by atoms with Gasteiger partial charge in [-0.3, -0.25) is 0 Å². The van der Waals surface area contributed by atoms with Gasteiger partial charge in [0, 0.05) is 6.20 Å². The molecule has 1 heterocycles. The Kier molecular flexibility index (Phi) is 3.63. The fraction of sp³-hybridized carbons (Fsp3) is 0.143. The van der Waals surface area contributed by atoms with Crippen LogP contribution in [0.25, 0.3) is 0 Å². The van der Waals surface area contributed by atoms with Crippen molar-refractivity contribution >= 4 is 27.4 Å². The molecule has 3 nitrogen and oxygen atoms in total. The lowest BCUT2D eigenvalue weighted by molar-refractivity contribution is 1.24. The van der Waals surface area contributed by atoms with Crippen LogP contribution in [0.4, 0.5) is 11.5 Å². The van der Waals surface area contributed by atoms with Gasteiger partial charge in [0.05, 0.1) is 15.7 Å². The first kappa shape index (κ1) is 12.6. The molecule has 18 heavy (non-hydrogen) atoms. The largest absolute Gasteiger partial charge is 0.338 e. The molecule has 0 bridgehead atoms. The van der Waals surface area contributed by atoms with E-state index in [2.05, 4.69) is 32.3 Å². The van der Waals surface area contributed by atoms with Crippen LogP contribution in [0.15, 0.2) is 34.9 Å². The van der Waals surface area contributed by atoms with E-state index in [4.69, 9.17) is 0 Å². The Morgan fingerprint density at radius 3 is 2.72 bits per heavy atom. The van der Waals surface area contributed by atoms with Crippen molar-refractivity contribution in [3.05, 3.63) is 51.6 Å². The van der Waals surface area contributed by atoms with Crippen LogP contribution in [0.1, 0.15) is 16.7 Å². The van der Waals surface area contributed by atoms with Crippen LogP contribution in [0, 0.1) is 25.2 Å². The highest BCUT2D eigenvalue weighted by molar-refractivity contribution is 9.10. The van der Waals surface area contributed by atoms with Crippen LogP contribution in [-0.2, 0) is 0 Å². The fourth-order valence-corrected chi connectivity index (χ4v) is 2.01. The number of nitriles is 1. The first-order valence-electron chi connectivity index (χ1n) is 5.51. The molecule has 0 aliphatic rings. The molecular formula is C14H12BrN3. The maximum absolute atomic E-state index is 9.18. The van der Waals surface area contributed by atoms with Crippen LogP contribution >= 0.6 is 15.9 Å². The lowest BCUT2D eigenvalue weighted by atomic mass is 10.1. The maximum Gasteiger partial charge on any atom is 0.144 e. The van der Waals surface area contributed by atoms with Crippen molar-refractivity contribution in [3.63, 3.8) is 0 Å². The lowest BCUT2D eigenvalue weighted by Crippen LogP contribution is -1.99. The number of pyridine rings is 1. The quantitative estimate of drug-likeness (QED) is 0.909. The van der Waals surface area contributed by atoms with E-state index in [1.165, 1.54) is 0 Å². The number of hydrogen-bond acceptors (Lipinski definition) is 3. The molecule has 0 fully saturated rings. The molecule has 0 saturated heterocycles. The van der Waals surface area contributed by atoms with Crippen molar-refractivity contribution in [1.82, 2.24) is 4.98 Å². The average molecular weight is 302 g/mol. The minimum Gasteiger partial charge on any atom is -0.338 e. The Labute approximate surface area is 115 Å². The number of aryl methyl sites for hydroxylation is 2. The van der Waals surface area contributed by atoms with Crippen LogP contribution in [0.2, 0.25) is 0 Å². The predicted octanol–water partition coefficient (Wildman–Crippen LogP) is 4.08. The zero-order valence-corrected chi connectivity index (χ0v) is 11.7. The third-order valence-electron chi connectivity index (χ3n) is 2.72. The van der Waals surface area contributed by atoms with E-state index in [0.29, 0.717) is 5.56 Å². The summed E-state index contributed by atoms with van der Waals surface area (Å²) in [6.45, 7) is 3.92. The van der Waals surface area contributed by atoms with Crippen molar-refractivity contribution in [1.29, 1.82) is 5.26 Å². The van der Waals surface area contributed by atoms with Gasteiger partial charge in [0.2, 0.25) is 0 Å². The number of hydrogen-bond donors (Lipinski definition) is 1. The molecular weight excluding hydrogens is 290 g/mol. The minimum atomic E-state index is 0.646. The van der Waals surface area contributed by atoms with Crippen LogP contribution in [0.3, 0.4) is 0 Å². The zero-order valence-electron chi connectivity index (χ0n) is 10.2. The van der Waals surface area contributed by atoms with E-state index < -0.39 is 0 Å². The van der Waals surface area contributed by atoms with Gasteiger partial charge in [0.1, 0.15) is 11.9 Å². The Balaban J connectivity index is 2.44. The van der Waals surface area contributed by atoms with Crippen molar-refractivity contribution in [2.45, 2.75) is 13.8 Å². The molecule has 0 saturated carbocycles. The summed E-state index contributed by atoms with van der Waals surface area (Å²) in [6.07, 6.45) is 1.74. The van der Waals surface area contributed by atoms with Crippen molar-refractivity contribution in [2.24, 2.45) is 0 Å². The average Bonchev–Trinajstić information content (AvgIpc) is 2.35. The number of benzene rings is 1. The summed E-state index contributed by atoms with van der Waals surface area (Å²) in [5.41, 5.74) is 3.47. The molecule has 90 valence electrons. The lowest BCUT2D eigenvalue weighted by Gasteiger charge is -2.11. The molecule has 0 radical (unpaired) electrons. The second kappa shape index (κ2) is 5.19. The summed E-state index contributed by atoms with van der Waals surface area (Å²) in [7, 11) is 0. The van der Waals surface area contributed by atoms with E-state index in [1.807, 2.05) is 38.1 Å². The molecule has 1 N–H and O–H groups in total. The topological polar surface area (TPSA) is 48.7 Å². The molecule has 0 aliphatic heterocycles. The second-order valence-electron chi connectivity index (χ2n) is 4.02. The van der Waals surface area contributed by atoms with E-state index in [-0.39, 0.29) is 0 Å². The number of rotatable bonds is 2. The number of anilines is 2. The number of aromatic nitrogens is 1. The molecule has 2 aromatic rings.